The molecule has 0 amide bonds. The number of carboxylic acids is 4. The predicted molar refractivity (Wildman–Crippen MR) is 134 cm³/mol. The van der Waals surface area contributed by atoms with Crippen LogP contribution in [0.3, 0.4) is 0 Å². The topological polar surface area (TPSA) is 177 Å². The molecule has 0 bridgehead atoms. The predicted octanol–water partition coefficient (Wildman–Crippen LogP) is 5.86. The average Bonchev–Trinajstić information content (AvgIpc) is 2.90. The summed E-state index contributed by atoms with van der Waals surface area (Å²) in [4.78, 5) is 45.9. The Morgan fingerprint density at radius 1 is 0.410 bits per heavy atom. The molecule has 0 aliphatic heterocycles. The molecule has 0 saturated heterocycles. The van der Waals surface area contributed by atoms with Gasteiger partial charge in [0.1, 0.15) is 45.6 Å². The Morgan fingerprint density at radius 2 is 0.718 bits per heavy atom. The lowest BCUT2D eigenvalue weighted by Crippen LogP contribution is -2.09. The van der Waals surface area contributed by atoms with E-state index in [2.05, 4.69) is 0 Å². The lowest BCUT2D eigenvalue weighted by atomic mass is 10.1. The van der Waals surface area contributed by atoms with Crippen LogP contribution in [0.5, 0.6) is 34.5 Å². The summed E-state index contributed by atoms with van der Waals surface area (Å²) in [6.07, 6.45) is 0. The van der Waals surface area contributed by atoms with Crippen LogP contribution in [0.2, 0.25) is 0 Å². The maximum Gasteiger partial charge on any atom is 0.340 e. The lowest BCUT2D eigenvalue weighted by molar-refractivity contribution is 0.0649. The molecule has 0 saturated carbocycles. The van der Waals surface area contributed by atoms with Crippen molar-refractivity contribution in [3.8, 4) is 34.5 Å². The summed E-state index contributed by atoms with van der Waals surface area (Å²) in [5, 5.41) is 37.4. The third-order valence-corrected chi connectivity index (χ3v) is 5.28. The molecule has 196 valence electrons. The van der Waals surface area contributed by atoms with Crippen molar-refractivity contribution < 1.29 is 53.8 Å². The Kier molecular flexibility index (Phi) is 7.43. The first-order valence-corrected chi connectivity index (χ1v) is 11.1. The van der Waals surface area contributed by atoms with Crippen LogP contribution >= 0.6 is 0 Å². The Hall–Kier alpha value is -5.84. The molecule has 4 aromatic rings. The molecular formula is C28H18O11. The standard InChI is InChI=1S/C28H18O11/c29-25(30)19-3-1-5-21(23(19)27(33)34)38-17-11-7-15(8-12-17)37-16-9-13-18(14-10-16)39-22-6-2-4-20(26(31)32)24(22)28(35)36/h1-14H,(H,29,30)(H,31,32)(H,33,34)(H,35,36). The number of ether oxygens (including phenoxy) is 3. The summed E-state index contributed by atoms with van der Waals surface area (Å²) >= 11 is 0. The number of rotatable bonds is 10. The van der Waals surface area contributed by atoms with Crippen molar-refractivity contribution >= 4 is 23.9 Å². The summed E-state index contributed by atoms with van der Waals surface area (Å²) in [6, 6.07) is 20.0. The van der Waals surface area contributed by atoms with Crippen molar-refractivity contribution in [2.45, 2.75) is 0 Å². The Morgan fingerprint density at radius 3 is 1.00 bits per heavy atom. The highest BCUT2D eigenvalue weighted by atomic mass is 16.5. The third kappa shape index (κ3) is 5.94. The minimum Gasteiger partial charge on any atom is -0.478 e. The van der Waals surface area contributed by atoms with Crippen LogP contribution in [-0.4, -0.2) is 44.3 Å². The SMILES string of the molecule is O=C(O)c1cccc(Oc2ccc(Oc3ccc(Oc4cccc(C(=O)O)c4C(=O)O)cc3)cc2)c1C(=O)O. The third-order valence-electron chi connectivity index (χ3n) is 5.28. The summed E-state index contributed by atoms with van der Waals surface area (Å²) in [7, 11) is 0. The average molecular weight is 530 g/mol. The molecule has 0 fully saturated rings. The van der Waals surface area contributed by atoms with E-state index in [1.54, 1.807) is 24.3 Å². The minimum absolute atomic E-state index is 0.133. The normalized spacial score (nSPS) is 10.4. The fraction of sp³-hybridized carbons (Fsp3) is 0. The molecule has 11 heteroatoms. The van der Waals surface area contributed by atoms with Crippen LogP contribution < -0.4 is 14.2 Å². The number of aromatic carboxylic acids is 4. The molecule has 0 aliphatic carbocycles. The van der Waals surface area contributed by atoms with Crippen LogP contribution in [-0.2, 0) is 0 Å². The van der Waals surface area contributed by atoms with Crippen molar-refractivity contribution in [1.82, 2.24) is 0 Å². The van der Waals surface area contributed by atoms with Gasteiger partial charge in [0.15, 0.2) is 0 Å². The van der Waals surface area contributed by atoms with E-state index in [0.717, 1.165) is 0 Å². The molecule has 0 atom stereocenters. The summed E-state index contributed by atoms with van der Waals surface area (Å²) < 4.78 is 16.9. The molecule has 11 nitrogen and oxygen atoms in total. The van der Waals surface area contributed by atoms with E-state index in [1.807, 2.05) is 0 Å². The monoisotopic (exact) mass is 530 g/mol. The van der Waals surface area contributed by atoms with Crippen molar-refractivity contribution in [3.63, 3.8) is 0 Å². The zero-order chi connectivity index (χ0) is 28.1. The van der Waals surface area contributed by atoms with Crippen LogP contribution in [0.1, 0.15) is 41.4 Å². The lowest BCUT2D eigenvalue weighted by Gasteiger charge is -2.12. The fourth-order valence-corrected chi connectivity index (χ4v) is 3.57. The highest BCUT2D eigenvalue weighted by Crippen LogP contribution is 2.32. The molecule has 0 spiro atoms. The molecule has 39 heavy (non-hydrogen) atoms. The molecule has 4 rings (SSSR count). The van der Waals surface area contributed by atoms with E-state index in [1.165, 1.54) is 60.7 Å². The second kappa shape index (κ2) is 11.0. The van der Waals surface area contributed by atoms with E-state index < -0.39 is 46.1 Å². The highest BCUT2D eigenvalue weighted by molar-refractivity contribution is 6.04. The van der Waals surface area contributed by atoms with Gasteiger partial charge in [-0.15, -0.1) is 0 Å². The Labute approximate surface area is 219 Å². The van der Waals surface area contributed by atoms with Gasteiger partial charge in [-0.1, -0.05) is 12.1 Å². The van der Waals surface area contributed by atoms with Crippen molar-refractivity contribution in [2.75, 3.05) is 0 Å². The number of hydrogen-bond donors (Lipinski definition) is 4. The first kappa shape index (κ1) is 26.2. The van der Waals surface area contributed by atoms with Gasteiger partial charge in [-0.05, 0) is 72.8 Å². The molecule has 0 heterocycles. The fourth-order valence-electron chi connectivity index (χ4n) is 3.57. The van der Waals surface area contributed by atoms with E-state index >= 15 is 0 Å². The molecular weight excluding hydrogens is 512 g/mol. The maximum atomic E-state index is 11.6. The van der Waals surface area contributed by atoms with Gasteiger partial charge in [0, 0.05) is 0 Å². The number of carbonyl (C=O) groups is 4. The van der Waals surface area contributed by atoms with E-state index in [-0.39, 0.29) is 23.0 Å². The number of hydrogen-bond acceptors (Lipinski definition) is 7. The van der Waals surface area contributed by atoms with Crippen LogP contribution in [0.15, 0.2) is 84.9 Å². The summed E-state index contributed by atoms with van der Waals surface area (Å²) in [6.45, 7) is 0. The maximum absolute atomic E-state index is 11.6. The van der Waals surface area contributed by atoms with Gasteiger partial charge in [0.25, 0.3) is 0 Å². The molecule has 0 aliphatic rings. The molecule has 0 radical (unpaired) electrons. The quantitative estimate of drug-likeness (QED) is 0.193. The van der Waals surface area contributed by atoms with Gasteiger partial charge in [0.05, 0.1) is 11.1 Å². The van der Waals surface area contributed by atoms with E-state index in [9.17, 15) is 39.6 Å². The first-order valence-electron chi connectivity index (χ1n) is 11.1. The molecule has 0 aromatic heterocycles. The number of carboxylic acid groups (broad SMARTS) is 4. The highest BCUT2D eigenvalue weighted by Gasteiger charge is 2.22. The van der Waals surface area contributed by atoms with Gasteiger partial charge < -0.3 is 34.6 Å². The van der Waals surface area contributed by atoms with E-state index in [0.29, 0.717) is 11.5 Å². The molecule has 0 unspecified atom stereocenters. The van der Waals surface area contributed by atoms with Crippen molar-refractivity contribution in [1.29, 1.82) is 0 Å². The van der Waals surface area contributed by atoms with Gasteiger partial charge in [-0.2, -0.15) is 0 Å². The second-order valence-electron chi connectivity index (χ2n) is 7.83. The van der Waals surface area contributed by atoms with Crippen LogP contribution in [0.4, 0.5) is 0 Å². The van der Waals surface area contributed by atoms with Gasteiger partial charge in [-0.25, -0.2) is 19.2 Å². The van der Waals surface area contributed by atoms with Gasteiger partial charge in [0.2, 0.25) is 0 Å². The smallest absolute Gasteiger partial charge is 0.340 e. The Bertz CT molecular complexity index is 1450. The first-order chi connectivity index (χ1) is 18.6. The zero-order valence-corrected chi connectivity index (χ0v) is 19.7. The summed E-state index contributed by atoms with van der Waals surface area (Å²) in [5.41, 5.74) is -1.75. The van der Waals surface area contributed by atoms with Crippen LogP contribution in [0.25, 0.3) is 0 Å². The van der Waals surface area contributed by atoms with Gasteiger partial charge >= 0.3 is 23.9 Å². The van der Waals surface area contributed by atoms with Crippen molar-refractivity contribution in [3.05, 3.63) is 107 Å². The zero-order valence-electron chi connectivity index (χ0n) is 19.7. The summed E-state index contributed by atoms with van der Waals surface area (Å²) in [5.74, 6) is -4.65. The second-order valence-corrected chi connectivity index (χ2v) is 7.83. The Balaban J connectivity index is 1.46. The molecule has 4 N–H and O–H groups in total. The van der Waals surface area contributed by atoms with E-state index in [4.69, 9.17) is 14.2 Å². The number of benzene rings is 4. The van der Waals surface area contributed by atoms with Crippen LogP contribution in [0, 0.1) is 0 Å². The largest absolute Gasteiger partial charge is 0.478 e. The van der Waals surface area contributed by atoms with Crippen molar-refractivity contribution in [2.24, 2.45) is 0 Å². The minimum atomic E-state index is -1.44. The van der Waals surface area contributed by atoms with Gasteiger partial charge in [-0.3, -0.25) is 0 Å². The molecule has 4 aromatic carbocycles.